The standard InChI is InChI=1S/C24H26N2O6S/c1-30-20-12-14-21(15-13-20)31-17-16-25-24(27)18-26(33(2,28)29)19-8-10-23(11-9-19)32-22-6-4-3-5-7-22/h3-15H,16-18H2,1-2H3,(H,25,27). The molecule has 0 aromatic heterocycles. The van der Waals surface area contributed by atoms with Gasteiger partial charge in [0.2, 0.25) is 15.9 Å². The molecule has 0 radical (unpaired) electrons. The largest absolute Gasteiger partial charge is 0.497 e. The molecule has 3 aromatic rings. The molecule has 0 aliphatic heterocycles. The fourth-order valence-corrected chi connectivity index (χ4v) is 3.78. The number of nitrogens with zero attached hydrogens (tertiary/aromatic N) is 1. The second-order valence-corrected chi connectivity index (χ2v) is 8.96. The lowest BCUT2D eigenvalue weighted by atomic mass is 10.3. The van der Waals surface area contributed by atoms with Crippen LogP contribution in [0.3, 0.4) is 0 Å². The molecule has 3 rings (SSSR count). The minimum absolute atomic E-state index is 0.228. The molecule has 1 amide bonds. The summed E-state index contributed by atoms with van der Waals surface area (Å²) in [7, 11) is -2.10. The van der Waals surface area contributed by atoms with E-state index in [0.29, 0.717) is 22.9 Å². The van der Waals surface area contributed by atoms with Crippen molar-refractivity contribution in [1.82, 2.24) is 5.32 Å². The van der Waals surface area contributed by atoms with Crippen LogP contribution in [0.5, 0.6) is 23.0 Å². The Morgan fingerprint density at radius 2 is 1.42 bits per heavy atom. The third-order valence-corrected chi connectivity index (χ3v) is 5.68. The topological polar surface area (TPSA) is 94.2 Å². The zero-order valence-corrected chi connectivity index (χ0v) is 19.2. The van der Waals surface area contributed by atoms with Gasteiger partial charge < -0.3 is 19.5 Å². The van der Waals surface area contributed by atoms with Crippen molar-refractivity contribution in [1.29, 1.82) is 0 Å². The van der Waals surface area contributed by atoms with Gasteiger partial charge in [-0.2, -0.15) is 0 Å². The number of sulfonamides is 1. The third-order valence-electron chi connectivity index (χ3n) is 4.54. The number of hydrogen-bond donors (Lipinski definition) is 1. The molecule has 0 aliphatic rings. The van der Waals surface area contributed by atoms with Crippen LogP contribution in [0.1, 0.15) is 0 Å². The first-order valence-electron chi connectivity index (χ1n) is 10.2. The summed E-state index contributed by atoms with van der Waals surface area (Å²) in [4.78, 5) is 12.4. The SMILES string of the molecule is COc1ccc(OCCNC(=O)CN(c2ccc(Oc3ccccc3)cc2)S(C)(=O)=O)cc1. The fourth-order valence-electron chi connectivity index (χ4n) is 2.92. The monoisotopic (exact) mass is 470 g/mol. The molecule has 33 heavy (non-hydrogen) atoms. The summed E-state index contributed by atoms with van der Waals surface area (Å²) in [6, 6.07) is 22.8. The van der Waals surface area contributed by atoms with Crippen LogP contribution in [0.2, 0.25) is 0 Å². The van der Waals surface area contributed by atoms with Gasteiger partial charge in [-0.3, -0.25) is 9.10 Å². The van der Waals surface area contributed by atoms with E-state index < -0.39 is 15.9 Å². The molecule has 0 saturated carbocycles. The molecule has 0 saturated heterocycles. The summed E-state index contributed by atoms with van der Waals surface area (Å²) in [5.74, 6) is 2.14. The molecule has 8 nitrogen and oxygen atoms in total. The van der Waals surface area contributed by atoms with Crippen molar-refractivity contribution < 1.29 is 27.4 Å². The van der Waals surface area contributed by atoms with Gasteiger partial charge >= 0.3 is 0 Å². The summed E-state index contributed by atoms with van der Waals surface area (Å²) in [6.07, 6.45) is 1.06. The van der Waals surface area contributed by atoms with Crippen molar-refractivity contribution in [3.05, 3.63) is 78.9 Å². The molecule has 0 bridgehead atoms. The maximum Gasteiger partial charge on any atom is 0.240 e. The number of amides is 1. The van der Waals surface area contributed by atoms with Gasteiger partial charge in [-0.25, -0.2) is 8.42 Å². The molecule has 0 spiro atoms. The van der Waals surface area contributed by atoms with Crippen molar-refractivity contribution in [3.8, 4) is 23.0 Å². The maximum absolute atomic E-state index is 12.4. The van der Waals surface area contributed by atoms with Gasteiger partial charge in [-0.15, -0.1) is 0 Å². The van der Waals surface area contributed by atoms with Crippen LogP contribution < -0.4 is 23.8 Å². The lowest BCUT2D eigenvalue weighted by Gasteiger charge is -2.22. The summed E-state index contributed by atoms with van der Waals surface area (Å²) >= 11 is 0. The van der Waals surface area contributed by atoms with Crippen LogP contribution in [0.15, 0.2) is 78.9 Å². The molecule has 3 aromatic carbocycles. The average molecular weight is 471 g/mol. The number of methoxy groups -OCH3 is 1. The van der Waals surface area contributed by atoms with E-state index in [-0.39, 0.29) is 19.7 Å². The minimum Gasteiger partial charge on any atom is -0.497 e. The second-order valence-electron chi connectivity index (χ2n) is 7.05. The van der Waals surface area contributed by atoms with Crippen LogP contribution in [0.4, 0.5) is 5.69 Å². The Morgan fingerprint density at radius 3 is 2.03 bits per heavy atom. The van der Waals surface area contributed by atoms with E-state index in [1.54, 1.807) is 55.6 Å². The average Bonchev–Trinajstić information content (AvgIpc) is 2.81. The highest BCUT2D eigenvalue weighted by Crippen LogP contribution is 2.25. The van der Waals surface area contributed by atoms with Crippen molar-refractivity contribution >= 4 is 21.6 Å². The zero-order valence-electron chi connectivity index (χ0n) is 18.4. The number of benzene rings is 3. The van der Waals surface area contributed by atoms with E-state index in [1.165, 1.54) is 0 Å². The first-order chi connectivity index (χ1) is 15.8. The molecule has 0 heterocycles. The Hall–Kier alpha value is -3.72. The molecule has 0 unspecified atom stereocenters. The molecule has 0 fully saturated rings. The Balaban J connectivity index is 1.53. The Kier molecular flexibility index (Phi) is 8.15. The third kappa shape index (κ3) is 7.43. The predicted molar refractivity (Wildman–Crippen MR) is 127 cm³/mol. The van der Waals surface area contributed by atoms with Crippen LogP contribution >= 0.6 is 0 Å². The highest BCUT2D eigenvalue weighted by Gasteiger charge is 2.20. The first kappa shape index (κ1) is 23.9. The van der Waals surface area contributed by atoms with Crippen LogP contribution in [0.25, 0.3) is 0 Å². The van der Waals surface area contributed by atoms with E-state index in [1.807, 2.05) is 30.3 Å². The lowest BCUT2D eigenvalue weighted by Crippen LogP contribution is -2.41. The highest BCUT2D eigenvalue weighted by atomic mass is 32.2. The number of para-hydroxylation sites is 1. The van der Waals surface area contributed by atoms with Crippen molar-refractivity contribution in [3.63, 3.8) is 0 Å². The molecule has 0 aliphatic carbocycles. The van der Waals surface area contributed by atoms with Gasteiger partial charge in [0.15, 0.2) is 0 Å². The highest BCUT2D eigenvalue weighted by molar-refractivity contribution is 7.92. The minimum atomic E-state index is -3.68. The van der Waals surface area contributed by atoms with E-state index in [0.717, 1.165) is 16.3 Å². The van der Waals surface area contributed by atoms with Crippen LogP contribution in [-0.2, 0) is 14.8 Å². The number of ether oxygens (including phenoxy) is 3. The number of carbonyl (C=O) groups is 1. The number of nitrogens with one attached hydrogen (secondary N) is 1. The Bertz CT molecular complexity index is 1130. The number of carbonyl (C=O) groups excluding carboxylic acids is 1. The van der Waals surface area contributed by atoms with Gasteiger partial charge in [-0.05, 0) is 60.7 Å². The van der Waals surface area contributed by atoms with Gasteiger partial charge in [-0.1, -0.05) is 18.2 Å². The molecule has 174 valence electrons. The normalized spacial score (nSPS) is 10.8. The molecular formula is C24H26N2O6S. The molecular weight excluding hydrogens is 444 g/mol. The van der Waals surface area contributed by atoms with Crippen molar-refractivity contribution in [2.75, 3.05) is 37.4 Å². The van der Waals surface area contributed by atoms with E-state index in [2.05, 4.69) is 5.32 Å². The van der Waals surface area contributed by atoms with Crippen molar-refractivity contribution in [2.24, 2.45) is 0 Å². The molecule has 9 heteroatoms. The summed E-state index contributed by atoms with van der Waals surface area (Å²) in [6.45, 7) is 0.120. The Labute approximate surface area is 193 Å². The fraction of sp³-hybridized carbons (Fsp3) is 0.208. The van der Waals surface area contributed by atoms with Crippen LogP contribution in [-0.4, -0.2) is 47.4 Å². The molecule has 1 N–H and O–H groups in total. The summed E-state index contributed by atoms with van der Waals surface area (Å²) in [5.41, 5.74) is 0.363. The number of hydrogen-bond acceptors (Lipinski definition) is 6. The number of rotatable bonds is 11. The Morgan fingerprint density at radius 1 is 0.848 bits per heavy atom. The first-order valence-corrected chi connectivity index (χ1v) is 12.0. The van der Waals surface area contributed by atoms with E-state index in [9.17, 15) is 13.2 Å². The molecule has 0 atom stereocenters. The summed E-state index contributed by atoms with van der Waals surface area (Å²) < 4.78 is 42.0. The maximum atomic E-state index is 12.4. The van der Waals surface area contributed by atoms with Crippen molar-refractivity contribution in [2.45, 2.75) is 0 Å². The van der Waals surface area contributed by atoms with Gasteiger partial charge in [0.05, 0.1) is 25.6 Å². The predicted octanol–water partition coefficient (Wildman–Crippen LogP) is 3.45. The van der Waals surface area contributed by atoms with Gasteiger partial charge in [0, 0.05) is 0 Å². The smallest absolute Gasteiger partial charge is 0.240 e. The second kappa shape index (κ2) is 11.2. The van der Waals surface area contributed by atoms with E-state index in [4.69, 9.17) is 14.2 Å². The van der Waals surface area contributed by atoms with Gasteiger partial charge in [0.25, 0.3) is 0 Å². The lowest BCUT2D eigenvalue weighted by molar-refractivity contribution is -0.119. The van der Waals surface area contributed by atoms with Gasteiger partial charge in [0.1, 0.15) is 36.1 Å². The summed E-state index contributed by atoms with van der Waals surface area (Å²) in [5, 5.41) is 2.67. The van der Waals surface area contributed by atoms with Crippen LogP contribution in [0, 0.1) is 0 Å². The quantitative estimate of drug-likeness (QED) is 0.432. The zero-order chi connectivity index (χ0) is 23.7. The number of anilines is 1. The van der Waals surface area contributed by atoms with E-state index >= 15 is 0 Å².